The molecule has 0 radical (unpaired) electrons. The standard InChI is InChI=1S/C11H22N4O/c1-4-16-10(7-12)8-14(2)9-11-13-5-6-15(11)3/h5-6,10H,4,7-9,12H2,1-3H3. The second-order valence-electron chi connectivity index (χ2n) is 3.96. The van der Waals surface area contributed by atoms with Gasteiger partial charge in [-0.05, 0) is 14.0 Å². The third-order valence-electron chi connectivity index (χ3n) is 2.51. The van der Waals surface area contributed by atoms with Crippen molar-refractivity contribution >= 4 is 0 Å². The Bertz CT molecular complexity index is 300. The third-order valence-corrected chi connectivity index (χ3v) is 2.51. The lowest BCUT2D eigenvalue weighted by Crippen LogP contribution is -2.36. The maximum absolute atomic E-state index is 5.64. The van der Waals surface area contributed by atoms with E-state index in [0.29, 0.717) is 13.2 Å². The Labute approximate surface area is 97.2 Å². The van der Waals surface area contributed by atoms with Crippen LogP contribution < -0.4 is 5.73 Å². The third kappa shape index (κ3) is 3.92. The smallest absolute Gasteiger partial charge is 0.122 e. The number of hydrogen-bond donors (Lipinski definition) is 1. The first-order valence-corrected chi connectivity index (χ1v) is 5.63. The van der Waals surface area contributed by atoms with Crippen molar-refractivity contribution < 1.29 is 4.74 Å². The van der Waals surface area contributed by atoms with Gasteiger partial charge in [0.2, 0.25) is 0 Å². The van der Waals surface area contributed by atoms with Gasteiger partial charge in [-0.3, -0.25) is 4.90 Å². The van der Waals surface area contributed by atoms with Crippen LogP contribution in [0, 0.1) is 0 Å². The summed E-state index contributed by atoms with van der Waals surface area (Å²) in [4.78, 5) is 6.46. The molecule has 2 N–H and O–H groups in total. The fourth-order valence-electron chi connectivity index (χ4n) is 1.63. The van der Waals surface area contributed by atoms with Gasteiger partial charge in [-0.2, -0.15) is 0 Å². The molecule has 0 amide bonds. The monoisotopic (exact) mass is 226 g/mol. The fraction of sp³-hybridized carbons (Fsp3) is 0.727. The van der Waals surface area contributed by atoms with Crippen molar-refractivity contribution in [1.82, 2.24) is 14.5 Å². The first-order valence-electron chi connectivity index (χ1n) is 5.63. The van der Waals surface area contributed by atoms with Crippen LogP contribution in [0.25, 0.3) is 0 Å². The van der Waals surface area contributed by atoms with Crippen molar-refractivity contribution in [2.45, 2.75) is 19.6 Å². The van der Waals surface area contributed by atoms with Crippen LogP contribution in [0.3, 0.4) is 0 Å². The molecule has 1 aromatic rings. The van der Waals surface area contributed by atoms with E-state index in [0.717, 1.165) is 18.9 Å². The van der Waals surface area contributed by atoms with E-state index in [2.05, 4.69) is 16.9 Å². The number of nitrogens with two attached hydrogens (primary N) is 1. The normalized spacial score (nSPS) is 13.3. The van der Waals surface area contributed by atoms with E-state index in [1.54, 1.807) is 0 Å². The van der Waals surface area contributed by atoms with Crippen molar-refractivity contribution in [2.75, 3.05) is 26.7 Å². The van der Waals surface area contributed by atoms with E-state index in [9.17, 15) is 0 Å². The molecule has 0 aromatic carbocycles. The second-order valence-corrected chi connectivity index (χ2v) is 3.96. The van der Waals surface area contributed by atoms with E-state index in [-0.39, 0.29) is 6.10 Å². The maximum atomic E-state index is 5.64. The van der Waals surface area contributed by atoms with Crippen LogP contribution in [0.5, 0.6) is 0 Å². The van der Waals surface area contributed by atoms with E-state index >= 15 is 0 Å². The first-order chi connectivity index (χ1) is 7.67. The van der Waals surface area contributed by atoms with Gasteiger partial charge in [-0.15, -0.1) is 0 Å². The van der Waals surface area contributed by atoms with Crippen molar-refractivity contribution in [1.29, 1.82) is 0 Å². The Hall–Kier alpha value is -0.910. The summed E-state index contributed by atoms with van der Waals surface area (Å²) in [6.07, 6.45) is 3.87. The SMILES string of the molecule is CCOC(CN)CN(C)Cc1nccn1C. The molecule has 0 saturated heterocycles. The molecule has 1 rings (SSSR count). The molecule has 0 aliphatic carbocycles. The molecule has 16 heavy (non-hydrogen) atoms. The number of nitrogens with zero attached hydrogens (tertiary/aromatic N) is 3. The average Bonchev–Trinajstić information content (AvgIpc) is 2.64. The van der Waals surface area contributed by atoms with E-state index in [1.807, 2.05) is 30.9 Å². The van der Waals surface area contributed by atoms with E-state index in [1.165, 1.54) is 0 Å². The van der Waals surface area contributed by atoms with Crippen LogP contribution in [-0.4, -0.2) is 47.3 Å². The van der Waals surface area contributed by atoms with Crippen molar-refractivity contribution in [3.63, 3.8) is 0 Å². The van der Waals surface area contributed by atoms with Gasteiger partial charge < -0.3 is 15.0 Å². The zero-order valence-corrected chi connectivity index (χ0v) is 10.4. The molecule has 0 bridgehead atoms. The number of aryl methyl sites for hydroxylation is 1. The summed E-state index contributed by atoms with van der Waals surface area (Å²) in [5.41, 5.74) is 5.64. The number of hydrogen-bond acceptors (Lipinski definition) is 4. The minimum Gasteiger partial charge on any atom is -0.376 e. The van der Waals surface area contributed by atoms with Crippen molar-refractivity contribution in [3.05, 3.63) is 18.2 Å². The maximum Gasteiger partial charge on any atom is 0.122 e. The number of rotatable bonds is 7. The van der Waals surface area contributed by atoms with Crippen LogP contribution in [-0.2, 0) is 18.3 Å². The minimum absolute atomic E-state index is 0.107. The lowest BCUT2D eigenvalue weighted by atomic mass is 10.3. The zero-order valence-electron chi connectivity index (χ0n) is 10.4. The lowest BCUT2D eigenvalue weighted by Gasteiger charge is -2.22. The molecule has 1 heterocycles. The minimum atomic E-state index is 0.107. The first kappa shape index (κ1) is 13.2. The zero-order chi connectivity index (χ0) is 12.0. The molecular weight excluding hydrogens is 204 g/mol. The number of aromatic nitrogens is 2. The molecule has 0 saturated carbocycles. The van der Waals surface area contributed by atoms with Gasteiger partial charge in [-0.25, -0.2) is 4.98 Å². The summed E-state index contributed by atoms with van der Waals surface area (Å²) < 4.78 is 7.54. The number of ether oxygens (including phenoxy) is 1. The summed E-state index contributed by atoms with van der Waals surface area (Å²) in [5.74, 6) is 1.05. The van der Waals surface area contributed by atoms with Gasteiger partial charge >= 0.3 is 0 Å². The summed E-state index contributed by atoms with van der Waals surface area (Å²) in [6, 6.07) is 0. The highest BCUT2D eigenvalue weighted by molar-refractivity contribution is 4.90. The molecule has 92 valence electrons. The van der Waals surface area contributed by atoms with Gasteiger partial charge in [0.25, 0.3) is 0 Å². The highest BCUT2D eigenvalue weighted by atomic mass is 16.5. The predicted molar refractivity (Wildman–Crippen MR) is 64.0 cm³/mol. The molecular formula is C11H22N4O. The summed E-state index contributed by atoms with van der Waals surface area (Å²) in [5, 5.41) is 0. The van der Waals surface area contributed by atoms with Gasteiger partial charge in [0.15, 0.2) is 0 Å². The summed E-state index contributed by atoms with van der Waals surface area (Å²) in [6.45, 7) is 4.89. The van der Waals surface area contributed by atoms with Crippen LogP contribution >= 0.6 is 0 Å². The molecule has 0 spiro atoms. The molecule has 1 unspecified atom stereocenters. The Balaban J connectivity index is 2.40. The Morgan fingerprint density at radius 1 is 1.62 bits per heavy atom. The number of likely N-dealkylation sites (N-methyl/N-ethyl adjacent to an activating group) is 1. The topological polar surface area (TPSA) is 56.3 Å². The average molecular weight is 226 g/mol. The van der Waals surface area contributed by atoms with Crippen molar-refractivity contribution in [3.8, 4) is 0 Å². The molecule has 5 heteroatoms. The Morgan fingerprint density at radius 3 is 2.88 bits per heavy atom. The molecule has 5 nitrogen and oxygen atoms in total. The molecule has 1 atom stereocenters. The Kier molecular flexibility index (Phi) is 5.45. The van der Waals surface area contributed by atoms with E-state index < -0.39 is 0 Å². The van der Waals surface area contributed by atoms with Crippen molar-refractivity contribution in [2.24, 2.45) is 12.8 Å². The summed E-state index contributed by atoms with van der Waals surface area (Å²) >= 11 is 0. The quantitative estimate of drug-likeness (QED) is 0.722. The van der Waals surface area contributed by atoms with Gasteiger partial charge in [0.1, 0.15) is 5.82 Å². The van der Waals surface area contributed by atoms with E-state index in [4.69, 9.17) is 10.5 Å². The van der Waals surface area contributed by atoms with Gasteiger partial charge in [0.05, 0.1) is 12.6 Å². The number of imidazole rings is 1. The van der Waals surface area contributed by atoms with Crippen LogP contribution in [0.15, 0.2) is 12.4 Å². The van der Waals surface area contributed by atoms with Gasteiger partial charge in [-0.1, -0.05) is 0 Å². The summed E-state index contributed by atoms with van der Waals surface area (Å²) in [7, 11) is 4.05. The largest absolute Gasteiger partial charge is 0.376 e. The lowest BCUT2D eigenvalue weighted by molar-refractivity contribution is 0.0431. The van der Waals surface area contributed by atoms with Gasteiger partial charge in [0, 0.05) is 39.1 Å². The predicted octanol–water partition coefficient (Wildman–Crippen LogP) is 0.216. The second kappa shape index (κ2) is 6.62. The van der Waals surface area contributed by atoms with Crippen LogP contribution in [0.4, 0.5) is 0 Å². The molecule has 0 aliphatic heterocycles. The molecule has 0 fully saturated rings. The van der Waals surface area contributed by atoms with Crippen LogP contribution in [0.2, 0.25) is 0 Å². The highest BCUT2D eigenvalue weighted by Crippen LogP contribution is 2.01. The molecule has 0 aliphatic rings. The highest BCUT2D eigenvalue weighted by Gasteiger charge is 2.11. The molecule has 1 aromatic heterocycles. The fourth-order valence-corrected chi connectivity index (χ4v) is 1.63. The van der Waals surface area contributed by atoms with Crippen LogP contribution in [0.1, 0.15) is 12.7 Å². The Morgan fingerprint density at radius 2 is 2.38 bits per heavy atom.